The van der Waals surface area contributed by atoms with Gasteiger partial charge in [-0.15, -0.1) is 0 Å². The Balaban J connectivity index is 1.83. The lowest BCUT2D eigenvalue weighted by Crippen LogP contribution is -2.60. The third-order valence-electron chi connectivity index (χ3n) is 8.86. The van der Waals surface area contributed by atoms with E-state index >= 15 is 0 Å². The second-order valence-corrected chi connectivity index (χ2v) is 10.6. The van der Waals surface area contributed by atoms with E-state index in [1.807, 2.05) is 13.0 Å². The lowest BCUT2D eigenvalue weighted by molar-refractivity contribution is -0.183. The Hall–Kier alpha value is -2.18. The van der Waals surface area contributed by atoms with Crippen LogP contribution in [0.2, 0.25) is 0 Å². The summed E-state index contributed by atoms with van der Waals surface area (Å²) in [4.78, 5) is 49.6. The van der Waals surface area contributed by atoms with Crippen LogP contribution in [0.3, 0.4) is 0 Å². The summed E-state index contributed by atoms with van der Waals surface area (Å²) in [5, 5.41) is 0. The zero-order valence-electron chi connectivity index (χ0n) is 19.6. The molecule has 0 aromatic rings. The van der Waals surface area contributed by atoms with Gasteiger partial charge >= 0.3 is 17.9 Å². The molecule has 4 rings (SSSR count). The molecule has 0 bridgehead atoms. The standard InChI is InChI=1S/C25H34O7/c1-13(26)31-16-8-9-24(3)15(10-16)11-17(23(29)30-5)21-18-6-7-20(28)25(18,4)12-19(22(21)24)32-14(2)27/h11,16-19,21-22H,6-10,12H2,1-5H3/t16-,17+,18-,19+,21-,22?,24-,25-/m0/s1. The molecular formula is C25H34O7. The molecule has 0 heterocycles. The number of fused-ring (bicyclic) bond motifs is 5. The molecule has 0 saturated heterocycles. The summed E-state index contributed by atoms with van der Waals surface area (Å²) in [7, 11) is 1.39. The van der Waals surface area contributed by atoms with E-state index in [4.69, 9.17) is 14.2 Å². The Bertz CT molecular complexity index is 876. The largest absolute Gasteiger partial charge is 0.469 e. The molecule has 0 radical (unpaired) electrons. The first kappa shape index (κ1) is 23.0. The molecule has 32 heavy (non-hydrogen) atoms. The van der Waals surface area contributed by atoms with Crippen LogP contribution in [0.15, 0.2) is 11.6 Å². The molecule has 4 aliphatic carbocycles. The summed E-state index contributed by atoms with van der Waals surface area (Å²) < 4.78 is 16.6. The molecule has 176 valence electrons. The van der Waals surface area contributed by atoms with Gasteiger partial charge in [-0.2, -0.15) is 0 Å². The minimum Gasteiger partial charge on any atom is -0.469 e. The Morgan fingerprint density at radius 2 is 1.72 bits per heavy atom. The Labute approximate surface area is 189 Å². The van der Waals surface area contributed by atoms with Crippen LogP contribution in [0.25, 0.3) is 0 Å². The van der Waals surface area contributed by atoms with Crippen LogP contribution in [0, 0.1) is 34.5 Å². The van der Waals surface area contributed by atoms with Crippen LogP contribution in [0.4, 0.5) is 0 Å². The van der Waals surface area contributed by atoms with E-state index in [1.54, 1.807) is 0 Å². The maximum absolute atomic E-state index is 13.0. The topological polar surface area (TPSA) is 96.0 Å². The molecule has 8 atom stereocenters. The molecule has 0 amide bonds. The first-order chi connectivity index (χ1) is 15.0. The number of ether oxygens (including phenoxy) is 3. The Kier molecular flexibility index (Phi) is 5.74. The van der Waals surface area contributed by atoms with Crippen LogP contribution in [-0.2, 0) is 33.4 Å². The fraction of sp³-hybridized carbons (Fsp3) is 0.760. The van der Waals surface area contributed by atoms with Gasteiger partial charge in [-0.3, -0.25) is 19.2 Å². The van der Waals surface area contributed by atoms with Gasteiger partial charge in [0.15, 0.2) is 0 Å². The fourth-order valence-corrected chi connectivity index (χ4v) is 7.53. The highest BCUT2D eigenvalue weighted by atomic mass is 16.5. The van der Waals surface area contributed by atoms with Crippen molar-refractivity contribution in [2.45, 2.75) is 78.4 Å². The second kappa shape index (κ2) is 7.99. The van der Waals surface area contributed by atoms with Crippen molar-refractivity contribution in [3.63, 3.8) is 0 Å². The average molecular weight is 447 g/mol. The van der Waals surface area contributed by atoms with Crippen LogP contribution < -0.4 is 0 Å². The highest BCUT2D eigenvalue weighted by Crippen LogP contribution is 2.66. The van der Waals surface area contributed by atoms with Crippen molar-refractivity contribution in [1.82, 2.24) is 0 Å². The van der Waals surface area contributed by atoms with Gasteiger partial charge in [0.2, 0.25) is 0 Å². The molecular weight excluding hydrogens is 412 g/mol. The number of rotatable bonds is 3. The van der Waals surface area contributed by atoms with Crippen LogP contribution in [0.5, 0.6) is 0 Å². The van der Waals surface area contributed by atoms with Crippen LogP contribution in [0.1, 0.15) is 66.2 Å². The number of carbonyl (C=O) groups excluding carboxylic acids is 4. The summed E-state index contributed by atoms with van der Waals surface area (Å²) in [5.41, 5.74) is 0.153. The maximum Gasteiger partial charge on any atom is 0.312 e. The molecule has 3 saturated carbocycles. The number of hydrogen-bond acceptors (Lipinski definition) is 7. The molecule has 4 aliphatic rings. The van der Waals surface area contributed by atoms with E-state index in [0.29, 0.717) is 25.7 Å². The van der Waals surface area contributed by atoms with E-state index in [9.17, 15) is 19.2 Å². The molecule has 0 spiro atoms. The summed E-state index contributed by atoms with van der Waals surface area (Å²) in [6.45, 7) is 6.97. The number of ketones is 1. The normalized spacial score (nSPS) is 42.7. The number of esters is 3. The highest BCUT2D eigenvalue weighted by Gasteiger charge is 2.65. The molecule has 0 aromatic carbocycles. The minimum absolute atomic E-state index is 0.0386. The smallest absolute Gasteiger partial charge is 0.312 e. The quantitative estimate of drug-likeness (QED) is 0.372. The molecule has 7 heteroatoms. The summed E-state index contributed by atoms with van der Waals surface area (Å²) in [6, 6.07) is 0. The Morgan fingerprint density at radius 3 is 2.34 bits per heavy atom. The van der Waals surface area contributed by atoms with Gasteiger partial charge in [0.25, 0.3) is 0 Å². The number of Topliss-reactive ketones (excluding diaryl/α,β-unsaturated/α-hetero) is 1. The first-order valence-corrected chi connectivity index (χ1v) is 11.7. The zero-order valence-corrected chi connectivity index (χ0v) is 19.6. The maximum atomic E-state index is 13.0. The van der Waals surface area contributed by atoms with Gasteiger partial charge < -0.3 is 14.2 Å². The van der Waals surface area contributed by atoms with E-state index in [2.05, 4.69) is 6.92 Å². The van der Waals surface area contributed by atoms with E-state index in [0.717, 1.165) is 18.4 Å². The van der Waals surface area contributed by atoms with Gasteiger partial charge in [0.05, 0.1) is 13.0 Å². The number of methoxy groups -OCH3 is 1. The third kappa shape index (κ3) is 3.48. The minimum atomic E-state index is -0.607. The van der Waals surface area contributed by atoms with Gasteiger partial charge in [0, 0.05) is 38.0 Å². The molecule has 3 fully saturated rings. The molecule has 0 aliphatic heterocycles. The molecule has 0 N–H and O–H groups in total. The van der Waals surface area contributed by atoms with Crippen molar-refractivity contribution >= 4 is 23.7 Å². The SMILES string of the molecule is COC(=O)[C@@H]1C=C2C[C@@H](OC(C)=O)CC[C@]2(C)C2[C@@H]1[C@@H]1CCC(=O)[C@@]1(C)C[C@H]2OC(C)=O. The van der Waals surface area contributed by atoms with E-state index in [-0.39, 0.29) is 53.0 Å². The first-order valence-electron chi connectivity index (χ1n) is 11.7. The monoisotopic (exact) mass is 446 g/mol. The summed E-state index contributed by atoms with van der Waals surface area (Å²) >= 11 is 0. The molecule has 0 aromatic heterocycles. The molecule has 1 unspecified atom stereocenters. The van der Waals surface area contributed by atoms with Gasteiger partial charge in [-0.05, 0) is 42.9 Å². The summed E-state index contributed by atoms with van der Waals surface area (Å²) in [5.74, 6) is -1.53. The van der Waals surface area contributed by atoms with Crippen molar-refractivity contribution in [1.29, 1.82) is 0 Å². The highest BCUT2D eigenvalue weighted by molar-refractivity contribution is 5.88. The lowest BCUT2D eigenvalue weighted by Gasteiger charge is -2.60. The lowest BCUT2D eigenvalue weighted by atomic mass is 9.45. The second-order valence-electron chi connectivity index (χ2n) is 10.6. The van der Waals surface area contributed by atoms with Crippen molar-refractivity contribution in [2.24, 2.45) is 34.5 Å². The van der Waals surface area contributed by atoms with Crippen LogP contribution >= 0.6 is 0 Å². The summed E-state index contributed by atoms with van der Waals surface area (Å²) in [6.07, 6.45) is 5.10. The Morgan fingerprint density at radius 1 is 1.03 bits per heavy atom. The zero-order chi connectivity index (χ0) is 23.4. The van der Waals surface area contributed by atoms with Gasteiger partial charge in [-0.1, -0.05) is 25.5 Å². The number of carbonyl (C=O) groups is 4. The fourth-order valence-electron chi connectivity index (χ4n) is 7.53. The van der Waals surface area contributed by atoms with Crippen molar-refractivity contribution in [3.05, 3.63) is 11.6 Å². The van der Waals surface area contributed by atoms with Crippen molar-refractivity contribution < 1.29 is 33.4 Å². The van der Waals surface area contributed by atoms with Gasteiger partial charge in [0.1, 0.15) is 18.0 Å². The predicted molar refractivity (Wildman–Crippen MR) is 114 cm³/mol. The van der Waals surface area contributed by atoms with Crippen molar-refractivity contribution in [3.8, 4) is 0 Å². The van der Waals surface area contributed by atoms with Gasteiger partial charge in [-0.25, -0.2) is 0 Å². The number of hydrogen-bond donors (Lipinski definition) is 0. The van der Waals surface area contributed by atoms with Crippen LogP contribution in [-0.4, -0.2) is 43.0 Å². The van der Waals surface area contributed by atoms with E-state index in [1.165, 1.54) is 21.0 Å². The average Bonchev–Trinajstić information content (AvgIpc) is 3.00. The molecule has 7 nitrogen and oxygen atoms in total. The van der Waals surface area contributed by atoms with E-state index < -0.39 is 17.4 Å². The predicted octanol–water partition coefficient (Wildman–Crippen LogP) is 3.39. The van der Waals surface area contributed by atoms with Crippen molar-refractivity contribution in [2.75, 3.05) is 7.11 Å². The third-order valence-corrected chi connectivity index (χ3v) is 8.86.